The molecule has 1 nitrogen and oxygen atoms in total. The fourth-order valence-electron chi connectivity index (χ4n) is 9.73. The SMILES string of the molecule is CC1(C)CCC2c3cc(-c4cc(-c5ccccc5)c5ccc6ccc(-c7ccccc7)c7ccc4c5c67)ccc3N(c3ccccc3)C21C. The molecule has 1 aliphatic carbocycles. The molecular formula is C48H39N. The second-order valence-electron chi connectivity index (χ2n) is 15.1. The van der Waals surface area contributed by atoms with Gasteiger partial charge in [0.25, 0.3) is 0 Å². The highest BCUT2D eigenvalue weighted by molar-refractivity contribution is 6.30. The molecule has 49 heavy (non-hydrogen) atoms. The lowest BCUT2D eigenvalue weighted by atomic mass is 9.72. The predicted octanol–water partition coefficient (Wildman–Crippen LogP) is 13.4. The first-order valence-corrected chi connectivity index (χ1v) is 17.8. The van der Waals surface area contributed by atoms with E-state index in [9.17, 15) is 0 Å². The summed E-state index contributed by atoms with van der Waals surface area (Å²) in [4.78, 5) is 2.68. The minimum absolute atomic E-state index is 0.000998. The van der Waals surface area contributed by atoms with Crippen LogP contribution >= 0.6 is 0 Å². The van der Waals surface area contributed by atoms with Gasteiger partial charge < -0.3 is 4.90 Å². The van der Waals surface area contributed by atoms with Gasteiger partial charge in [-0.05, 0) is 127 Å². The first kappa shape index (κ1) is 28.6. The van der Waals surface area contributed by atoms with Crippen LogP contribution in [-0.2, 0) is 0 Å². The third kappa shape index (κ3) is 3.93. The summed E-state index contributed by atoms with van der Waals surface area (Å²) in [7, 11) is 0. The number of para-hydroxylation sites is 1. The summed E-state index contributed by atoms with van der Waals surface area (Å²) >= 11 is 0. The Bertz CT molecular complexity index is 2530. The molecule has 0 bridgehead atoms. The van der Waals surface area contributed by atoms with Crippen LogP contribution in [0.1, 0.15) is 45.1 Å². The van der Waals surface area contributed by atoms with Crippen molar-refractivity contribution in [3.05, 3.63) is 157 Å². The van der Waals surface area contributed by atoms with Crippen LogP contribution in [-0.4, -0.2) is 5.54 Å². The van der Waals surface area contributed by atoms with Crippen molar-refractivity contribution < 1.29 is 0 Å². The average molecular weight is 630 g/mol. The van der Waals surface area contributed by atoms with Crippen molar-refractivity contribution in [1.82, 2.24) is 0 Å². The van der Waals surface area contributed by atoms with Crippen molar-refractivity contribution in [2.75, 3.05) is 4.90 Å². The van der Waals surface area contributed by atoms with Crippen LogP contribution in [0.25, 0.3) is 65.7 Å². The molecule has 1 heterocycles. The van der Waals surface area contributed by atoms with Gasteiger partial charge in [0, 0.05) is 17.3 Å². The quantitative estimate of drug-likeness (QED) is 0.175. The molecule has 236 valence electrons. The van der Waals surface area contributed by atoms with Crippen LogP contribution in [0, 0.1) is 5.41 Å². The van der Waals surface area contributed by atoms with E-state index in [0.29, 0.717) is 5.92 Å². The molecule has 0 amide bonds. The van der Waals surface area contributed by atoms with E-state index in [0.717, 1.165) is 0 Å². The van der Waals surface area contributed by atoms with Crippen LogP contribution in [0.15, 0.2) is 152 Å². The van der Waals surface area contributed by atoms with Gasteiger partial charge in [0.05, 0.1) is 5.54 Å². The molecule has 10 rings (SSSR count). The van der Waals surface area contributed by atoms with Gasteiger partial charge in [-0.1, -0.05) is 135 Å². The van der Waals surface area contributed by atoms with Crippen LogP contribution in [0.3, 0.4) is 0 Å². The first-order chi connectivity index (χ1) is 23.9. The molecule has 1 saturated carbocycles. The van der Waals surface area contributed by atoms with E-state index in [-0.39, 0.29) is 11.0 Å². The summed E-state index contributed by atoms with van der Waals surface area (Å²) in [5, 5.41) is 7.97. The number of hydrogen-bond acceptors (Lipinski definition) is 1. The maximum Gasteiger partial charge on any atom is 0.0543 e. The van der Waals surface area contributed by atoms with Crippen molar-refractivity contribution in [3.63, 3.8) is 0 Å². The summed E-state index contributed by atoms with van der Waals surface area (Å²) in [6.45, 7) is 7.48. The van der Waals surface area contributed by atoms with Gasteiger partial charge in [0.1, 0.15) is 0 Å². The zero-order valence-corrected chi connectivity index (χ0v) is 28.4. The standard InChI is InChI=1S/C48H39N/c1-47(2)28-27-43-42-29-34(21-26-44(42)49(48(43,47)3)35-17-11-6-12-18-35)41-30-40(32-15-9-5-10-16-32)38-23-20-33-19-22-36(31-13-7-4-8-14-31)37-24-25-39(41)46(38)45(33)37/h4-26,29-30,43H,27-28H2,1-3H3. The van der Waals surface area contributed by atoms with E-state index in [1.54, 1.807) is 0 Å². The van der Waals surface area contributed by atoms with Crippen LogP contribution < -0.4 is 4.90 Å². The number of hydrogen-bond donors (Lipinski definition) is 0. The Morgan fingerprint density at radius 1 is 0.510 bits per heavy atom. The fraction of sp³-hybridized carbons (Fsp3) is 0.167. The van der Waals surface area contributed by atoms with Crippen molar-refractivity contribution in [3.8, 4) is 33.4 Å². The molecule has 1 aliphatic heterocycles. The summed E-state index contributed by atoms with van der Waals surface area (Å²) < 4.78 is 0. The monoisotopic (exact) mass is 629 g/mol. The molecule has 2 aliphatic rings. The van der Waals surface area contributed by atoms with Crippen molar-refractivity contribution in [2.24, 2.45) is 5.41 Å². The highest BCUT2D eigenvalue weighted by atomic mass is 15.3. The fourth-order valence-corrected chi connectivity index (χ4v) is 9.73. The Morgan fingerprint density at radius 3 is 1.78 bits per heavy atom. The van der Waals surface area contributed by atoms with E-state index in [1.807, 2.05) is 0 Å². The lowest BCUT2D eigenvalue weighted by molar-refractivity contribution is 0.222. The average Bonchev–Trinajstić information content (AvgIpc) is 3.55. The largest absolute Gasteiger partial charge is 0.334 e. The summed E-state index contributed by atoms with van der Waals surface area (Å²) in [6.07, 6.45) is 2.43. The molecule has 0 N–H and O–H groups in total. The lowest BCUT2D eigenvalue weighted by Crippen LogP contribution is -2.50. The minimum atomic E-state index is 0.000998. The van der Waals surface area contributed by atoms with E-state index in [2.05, 4.69) is 177 Å². The number of anilines is 2. The van der Waals surface area contributed by atoms with E-state index < -0.39 is 0 Å². The molecule has 0 aromatic heterocycles. The Balaban J connectivity index is 1.26. The summed E-state index contributed by atoms with van der Waals surface area (Å²) in [5.41, 5.74) is 12.0. The van der Waals surface area contributed by atoms with Gasteiger partial charge >= 0.3 is 0 Å². The van der Waals surface area contributed by atoms with Gasteiger partial charge in [-0.3, -0.25) is 0 Å². The van der Waals surface area contributed by atoms with Crippen molar-refractivity contribution in [2.45, 2.75) is 45.1 Å². The summed E-state index contributed by atoms with van der Waals surface area (Å²) in [5.74, 6) is 0.472. The molecule has 0 radical (unpaired) electrons. The smallest absolute Gasteiger partial charge is 0.0543 e. The second-order valence-corrected chi connectivity index (χ2v) is 15.1. The van der Waals surface area contributed by atoms with Gasteiger partial charge in [-0.25, -0.2) is 0 Å². The molecule has 1 heteroatoms. The topological polar surface area (TPSA) is 3.24 Å². The maximum absolute atomic E-state index is 2.68. The predicted molar refractivity (Wildman–Crippen MR) is 209 cm³/mol. The van der Waals surface area contributed by atoms with Crippen molar-refractivity contribution in [1.29, 1.82) is 0 Å². The van der Waals surface area contributed by atoms with Crippen LogP contribution in [0.5, 0.6) is 0 Å². The second kappa shape index (κ2) is 10.3. The lowest BCUT2D eigenvalue weighted by Gasteiger charge is -2.47. The molecule has 8 aromatic carbocycles. The molecule has 8 aromatic rings. The highest BCUT2D eigenvalue weighted by Crippen LogP contribution is 2.65. The van der Waals surface area contributed by atoms with Gasteiger partial charge in [-0.2, -0.15) is 0 Å². The maximum atomic E-state index is 2.68. The van der Waals surface area contributed by atoms with E-state index >= 15 is 0 Å². The Labute approximate surface area is 288 Å². The highest BCUT2D eigenvalue weighted by Gasteiger charge is 2.60. The Hall–Kier alpha value is -5.40. The zero-order chi connectivity index (χ0) is 32.9. The molecule has 0 saturated heterocycles. The third-order valence-corrected chi connectivity index (χ3v) is 12.5. The molecule has 0 spiro atoms. The van der Waals surface area contributed by atoms with Crippen LogP contribution in [0.2, 0.25) is 0 Å². The summed E-state index contributed by atoms with van der Waals surface area (Å²) in [6, 6.07) is 56.8. The Morgan fingerprint density at radius 2 is 1.08 bits per heavy atom. The minimum Gasteiger partial charge on any atom is -0.334 e. The van der Waals surface area contributed by atoms with E-state index in [1.165, 1.54) is 95.5 Å². The normalized spacial score (nSPS) is 19.6. The molecule has 2 atom stereocenters. The number of benzene rings is 8. The number of nitrogens with zero attached hydrogens (tertiary/aromatic N) is 1. The first-order valence-electron chi connectivity index (χ1n) is 17.8. The number of rotatable bonds is 4. The molecule has 1 fully saturated rings. The zero-order valence-electron chi connectivity index (χ0n) is 28.4. The molecule has 2 unspecified atom stereocenters. The third-order valence-electron chi connectivity index (χ3n) is 12.5. The van der Waals surface area contributed by atoms with Gasteiger partial charge in [-0.15, -0.1) is 0 Å². The Kier molecular flexibility index (Phi) is 6.01. The number of fused-ring (bicyclic) bond motifs is 3. The van der Waals surface area contributed by atoms with Gasteiger partial charge in [0.2, 0.25) is 0 Å². The van der Waals surface area contributed by atoms with E-state index in [4.69, 9.17) is 0 Å². The van der Waals surface area contributed by atoms with Crippen molar-refractivity contribution >= 4 is 43.7 Å². The van der Waals surface area contributed by atoms with Gasteiger partial charge in [0.15, 0.2) is 0 Å². The van der Waals surface area contributed by atoms with Crippen LogP contribution in [0.4, 0.5) is 11.4 Å². The molecular weight excluding hydrogens is 591 g/mol.